The minimum absolute atomic E-state index is 0.0370. The fourth-order valence-electron chi connectivity index (χ4n) is 12.6. The molecule has 0 spiro atoms. The molecule has 0 atom stereocenters. The Kier molecular flexibility index (Phi) is 38.0. The number of carbonyl (C=O) groups is 1. The average Bonchev–Trinajstić information content (AvgIpc) is 0.702. The summed E-state index contributed by atoms with van der Waals surface area (Å²) in [5.74, 6) is 0.332. The van der Waals surface area contributed by atoms with E-state index < -0.39 is 5.97 Å². The highest BCUT2D eigenvalue weighted by Crippen LogP contribution is 2.28. The van der Waals surface area contributed by atoms with E-state index in [0.29, 0.717) is 62.7 Å². The Hall–Kier alpha value is -12.1. The van der Waals surface area contributed by atoms with Crippen LogP contribution in [0.4, 0.5) is 11.4 Å². The lowest BCUT2D eigenvalue weighted by atomic mass is 10.0. The standard InChI is InChI=1S/C28H26ClN3O4.2C16H18ClNO.C15H16ClNO2.C10H15NO.C9H13NO.C6H7NO/c1-18(2)32-16-15-24(23(27(32)33)17-19-7-9-20(29)10-8-19)30-21-11-13-22(14-12-21)36-26-6-4-5-25(31-26)28(34)35-3;2*1-11(2)18-9-8-12(3)15(16(18)19)10-13-4-6-14(17)7-5-13;1-10(2)17-8-7-14(18)13(15(17)19)9-11-3-5-12(16)6-4-11;1-7(2)11-6-5-8(3)9(4)10(11)12;1-7(2)10-5-4-8(3)6-9(10)11;1-5-2-3-7-6(8)4-5/h4-16,18,30H,17H2,1-3H3;2*4-9,11H,10H2,1-3H3;3-8,10,18H,9H2,1-2H3;5-7H,1-4H3;4-7H,1-3H3;2-4H,1H3,(H,7,8). The number of hydrogen-bond acceptors (Lipinski definition) is 13. The minimum atomic E-state index is -0.534. The van der Waals surface area contributed by atoms with Gasteiger partial charge in [-0.1, -0.05) is 101 Å². The van der Waals surface area contributed by atoms with Gasteiger partial charge in [0.15, 0.2) is 5.69 Å². The SMILES string of the molecule is CC(C)n1ccc(O)c(Cc2ccc(Cl)cc2)c1=O.COC(=O)c1cccc(Oc2ccc(Nc3ccn(C(C)C)c(=O)c3Cc3ccc(Cl)cc3)cc2)n1.Cc1cc[nH]c(=O)c1.Cc1ccn(C(C)C)c(=O)c1.Cc1ccn(C(C)C)c(=O)c1C.Cc1ccn(C(C)C)c(=O)c1Cc1ccc(Cl)cc1.Cc1ccn(C(C)C)c(=O)c1Cc1ccc(Cl)cc1. The van der Waals surface area contributed by atoms with Gasteiger partial charge in [0.1, 0.15) is 11.5 Å². The van der Waals surface area contributed by atoms with Crippen LogP contribution in [-0.4, -0.2) is 55.6 Å². The van der Waals surface area contributed by atoms with Crippen molar-refractivity contribution < 1.29 is 19.4 Å². The van der Waals surface area contributed by atoms with Crippen LogP contribution in [0.25, 0.3) is 0 Å². The molecule has 8 aromatic heterocycles. The van der Waals surface area contributed by atoms with E-state index in [4.69, 9.17) is 55.9 Å². The van der Waals surface area contributed by atoms with Gasteiger partial charge < -0.3 is 52.3 Å². The summed E-state index contributed by atoms with van der Waals surface area (Å²) in [7, 11) is 1.30. The lowest BCUT2D eigenvalue weighted by molar-refractivity contribution is 0.0593. The van der Waals surface area contributed by atoms with E-state index in [-0.39, 0.29) is 92.5 Å². The van der Waals surface area contributed by atoms with Crippen molar-refractivity contribution in [2.75, 3.05) is 12.4 Å². The Morgan fingerprint density at radius 3 is 1.16 bits per heavy atom. The van der Waals surface area contributed by atoms with Gasteiger partial charge in [-0.25, -0.2) is 9.78 Å². The molecule has 124 heavy (non-hydrogen) atoms. The number of carbonyl (C=O) groups excluding carboxylic acids is 1. The van der Waals surface area contributed by atoms with Crippen LogP contribution >= 0.6 is 46.4 Å². The number of pyridine rings is 8. The van der Waals surface area contributed by atoms with Crippen LogP contribution in [0.5, 0.6) is 17.4 Å². The number of methoxy groups -OCH3 is 1. The van der Waals surface area contributed by atoms with E-state index in [1.54, 1.807) is 107 Å². The number of aromatic amines is 1. The third-order valence-electron chi connectivity index (χ3n) is 20.0. The maximum atomic E-state index is 13.3. The van der Waals surface area contributed by atoms with E-state index in [1.165, 1.54) is 7.11 Å². The molecule has 0 amide bonds. The first-order valence-corrected chi connectivity index (χ1v) is 42.4. The molecule has 8 heterocycles. The second kappa shape index (κ2) is 47.5. The summed E-state index contributed by atoms with van der Waals surface area (Å²) in [4.78, 5) is 102. The van der Waals surface area contributed by atoms with Crippen LogP contribution in [0.2, 0.25) is 20.1 Å². The van der Waals surface area contributed by atoms with Crippen LogP contribution in [0.15, 0.2) is 271 Å². The van der Waals surface area contributed by atoms with Crippen molar-refractivity contribution in [1.82, 2.24) is 37.4 Å². The summed E-state index contributed by atoms with van der Waals surface area (Å²) >= 11 is 23.6. The molecule has 0 bridgehead atoms. The topological polar surface area (TPSA) is 246 Å². The van der Waals surface area contributed by atoms with Crippen molar-refractivity contribution in [3.05, 3.63) is 414 Å². The largest absolute Gasteiger partial charge is 0.507 e. The third kappa shape index (κ3) is 29.6. The quantitative estimate of drug-likeness (QED) is 0.0639. The number of anilines is 2. The molecule has 0 unspecified atom stereocenters. The van der Waals surface area contributed by atoms with Gasteiger partial charge in [-0.15, -0.1) is 0 Å². The van der Waals surface area contributed by atoms with Gasteiger partial charge in [0.2, 0.25) is 11.4 Å². The zero-order valence-corrected chi connectivity index (χ0v) is 77.0. The van der Waals surface area contributed by atoms with Crippen molar-refractivity contribution in [1.29, 1.82) is 0 Å². The first kappa shape index (κ1) is 99.0. The number of benzene rings is 5. The highest BCUT2D eigenvalue weighted by atomic mass is 35.5. The molecular formula is C100H113Cl4N9O11. The number of halogens is 4. The number of aromatic hydroxyl groups is 1. The third-order valence-corrected chi connectivity index (χ3v) is 21.0. The molecule has 0 radical (unpaired) electrons. The highest BCUT2D eigenvalue weighted by molar-refractivity contribution is 6.31. The number of esters is 1. The molecule has 13 rings (SSSR count). The van der Waals surface area contributed by atoms with E-state index in [2.05, 4.69) is 15.3 Å². The summed E-state index contributed by atoms with van der Waals surface area (Å²) in [6.07, 6.45) is 14.7. The zero-order chi connectivity index (χ0) is 91.3. The van der Waals surface area contributed by atoms with Gasteiger partial charge >= 0.3 is 5.97 Å². The molecule has 20 nitrogen and oxygen atoms in total. The average molecular weight is 1760 g/mol. The van der Waals surface area contributed by atoms with E-state index in [0.717, 1.165) is 78.1 Å². The number of ether oxygens (including phenoxy) is 2. The number of nitrogens with zero attached hydrogens (tertiary/aromatic N) is 7. The van der Waals surface area contributed by atoms with Crippen LogP contribution in [-0.2, 0) is 30.4 Å². The molecule has 5 aromatic carbocycles. The molecule has 0 fully saturated rings. The Morgan fingerprint density at radius 2 is 0.766 bits per heavy atom. The van der Waals surface area contributed by atoms with Gasteiger partial charge in [-0.05, 0) is 296 Å². The van der Waals surface area contributed by atoms with Crippen LogP contribution < -0.4 is 49.0 Å². The normalized spacial score (nSPS) is 10.8. The van der Waals surface area contributed by atoms with Crippen LogP contribution in [0.3, 0.4) is 0 Å². The molecule has 24 heteroatoms. The first-order chi connectivity index (χ1) is 58.7. The van der Waals surface area contributed by atoms with E-state index in [9.17, 15) is 43.5 Å². The smallest absolute Gasteiger partial charge is 0.356 e. The van der Waals surface area contributed by atoms with Crippen molar-refractivity contribution >= 4 is 63.7 Å². The summed E-state index contributed by atoms with van der Waals surface area (Å²) in [5.41, 5.74) is 14.8. The Bertz CT molecular complexity index is 5870. The minimum Gasteiger partial charge on any atom is -0.507 e. The lowest BCUT2D eigenvalue weighted by Crippen LogP contribution is -2.26. The monoisotopic (exact) mass is 1760 g/mol. The van der Waals surface area contributed by atoms with Gasteiger partial charge in [0.05, 0.1) is 12.7 Å². The summed E-state index contributed by atoms with van der Waals surface area (Å²) in [6, 6.07) is 59.6. The maximum Gasteiger partial charge on any atom is 0.356 e. The Balaban J connectivity index is 0.000000209. The van der Waals surface area contributed by atoms with Gasteiger partial charge in [-0.3, -0.25) is 33.6 Å². The molecular weight excluding hydrogens is 1640 g/mol. The van der Waals surface area contributed by atoms with Gasteiger partial charge in [0.25, 0.3) is 33.4 Å². The predicted molar refractivity (Wildman–Crippen MR) is 506 cm³/mol. The van der Waals surface area contributed by atoms with Crippen LogP contribution in [0, 0.1) is 41.5 Å². The molecule has 652 valence electrons. The fourth-order valence-corrected chi connectivity index (χ4v) is 13.1. The highest BCUT2D eigenvalue weighted by Gasteiger charge is 2.18. The molecule has 3 N–H and O–H groups in total. The molecule has 13 aromatic rings. The summed E-state index contributed by atoms with van der Waals surface area (Å²) in [5, 5.41) is 16.0. The first-order valence-electron chi connectivity index (χ1n) is 40.9. The second-order valence-electron chi connectivity index (χ2n) is 31.6. The molecule has 0 saturated carbocycles. The summed E-state index contributed by atoms with van der Waals surface area (Å²) < 4.78 is 20.8. The molecule has 0 aliphatic heterocycles. The van der Waals surface area contributed by atoms with Crippen molar-refractivity contribution in [3.8, 4) is 17.4 Å². The number of hydrogen-bond donors (Lipinski definition) is 3. The van der Waals surface area contributed by atoms with Crippen LogP contribution in [0.1, 0.15) is 208 Å². The van der Waals surface area contributed by atoms with Crippen molar-refractivity contribution in [2.24, 2.45) is 0 Å². The number of H-pyrrole nitrogens is 1. The van der Waals surface area contributed by atoms with Crippen molar-refractivity contribution in [3.63, 3.8) is 0 Å². The van der Waals surface area contributed by atoms with E-state index in [1.807, 2.05) is 283 Å². The Morgan fingerprint density at radius 1 is 0.403 bits per heavy atom. The number of aryl methyl sites for hydroxylation is 5. The molecule has 0 aliphatic carbocycles. The number of nitrogens with one attached hydrogen (secondary N) is 2. The maximum absolute atomic E-state index is 13.3. The zero-order valence-electron chi connectivity index (χ0n) is 74.0. The van der Waals surface area contributed by atoms with E-state index >= 15 is 0 Å². The van der Waals surface area contributed by atoms with Gasteiger partial charge in [-0.2, -0.15) is 0 Å². The Labute approximate surface area is 745 Å². The molecule has 0 aliphatic rings. The lowest BCUT2D eigenvalue weighted by Gasteiger charge is -2.17. The number of aromatic nitrogens is 8. The fraction of sp³-hybridized carbons (Fsp3) is 0.290. The van der Waals surface area contributed by atoms with Gasteiger partial charge in [0, 0.05) is 177 Å². The number of rotatable bonds is 19. The van der Waals surface area contributed by atoms with Crippen molar-refractivity contribution in [2.45, 2.75) is 187 Å². The summed E-state index contributed by atoms with van der Waals surface area (Å²) in [6.45, 7) is 35.5. The molecule has 0 saturated heterocycles. The second-order valence-corrected chi connectivity index (χ2v) is 33.3. The predicted octanol–water partition coefficient (Wildman–Crippen LogP) is 22.2.